The summed E-state index contributed by atoms with van der Waals surface area (Å²) in [6, 6.07) is 13.1. The van der Waals surface area contributed by atoms with Crippen LogP contribution in [0.15, 0.2) is 48.5 Å². The number of benzene rings is 2. The highest BCUT2D eigenvalue weighted by molar-refractivity contribution is 5.94. The molecule has 5 nitrogen and oxygen atoms in total. The van der Waals surface area contributed by atoms with Crippen molar-refractivity contribution in [3.63, 3.8) is 0 Å². The Morgan fingerprint density at radius 3 is 2.09 bits per heavy atom. The Hall–Kier alpha value is -2.58. The molecule has 1 saturated carbocycles. The molecule has 6 rings (SSSR count). The first kappa shape index (κ1) is 22.9. The fraction of sp³-hybridized carbons (Fsp3) is 0.519. The van der Waals surface area contributed by atoms with Crippen molar-refractivity contribution in [2.45, 2.75) is 24.6 Å². The summed E-state index contributed by atoms with van der Waals surface area (Å²) in [6.45, 7) is 4.72. The summed E-state index contributed by atoms with van der Waals surface area (Å²) in [5.74, 6) is 1.36. The molecule has 35 heavy (non-hydrogen) atoms. The molecule has 3 aliphatic heterocycles. The van der Waals surface area contributed by atoms with Crippen LogP contribution >= 0.6 is 0 Å². The zero-order chi connectivity index (χ0) is 24.2. The van der Waals surface area contributed by atoms with Crippen LogP contribution in [0.4, 0.5) is 18.9 Å². The highest BCUT2D eigenvalue weighted by Gasteiger charge is 2.44. The number of hydrogen-bond acceptors (Lipinski definition) is 4. The molecule has 8 heteroatoms. The standard InChI is InChI=1S/C27H29F3N2O3/c28-27(29,30)23-7-9-24(10-8-23)31-11-20-13-32(14-21(20)12-31)25(33)19-3-5-22(6-4-19)26(16-34-17-26)35-15-18-1-2-18/h3-10,18,20-21H,1-2,11-17H2. The zero-order valence-electron chi connectivity index (χ0n) is 19.5. The van der Waals surface area contributed by atoms with Crippen LogP contribution in [0.3, 0.4) is 0 Å². The molecule has 1 aliphatic carbocycles. The number of anilines is 1. The van der Waals surface area contributed by atoms with E-state index >= 15 is 0 Å². The van der Waals surface area contributed by atoms with Gasteiger partial charge in [0, 0.05) is 49.3 Å². The lowest BCUT2D eigenvalue weighted by atomic mass is 9.91. The molecular formula is C27H29F3N2O3. The Morgan fingerprint density at radius 1 is 0.943 bits per heavy atom. The number of nitrogens with zero attached hydrogens (tertiary/aromatic N) is 2. The van der Waals surface area contributed by atoms with Gasteiger partial charge in [0.15, 0.2) is 0 Å². The van der Waals surface area contributed by atoms with Gasteiger partial charge in [0.05, 0.1) is 25.4 Å². The highest BCUT2D eigenvalue weighted by atomic mass is 19.4. The molecule has 2 unspecified atom stereocenters. The molecular weight excluding hydrogens is 457 g/mol. The average molecular weight is 487 g/mol. The lowest BCUT2D eigenvalue weighted by molar-refractivity contribution is -0.218. The van der Waals surface area contributed by atoms with E-state index < -0.39 is 11.7 Å². The van der Waals surface area contributed by atoms with Crippen LogP contribution in [0.25, 0.3) is 0 Å². The molecule has 0 bridgehead atoms. The molecule has 2 aromatic carbocycles. The van der Waals surface area contributed by atoms with E-state index in [1.807, 2.05) is 29.2 Å². The van der Waals surface area contributed by atoms with Crippen LogP contribution in [0.2, 0.25) is 0 Å². The molecule has 2 atom stereocenters. The van der Waals surface area contributed by atoms with Gasteiger partial charge >= 0.3 is 6.18 Å². The highest BCUT2D eigenvalue weighted by Crippen LogP contribution is 2.39. The van der Waals surface area contributed by atoms with Crippen molar-refractivity contribution in [1.82, 2.24) is 4.90 Å². The van der Waals surface area contributed by atoms with E-state index in [2.05, 4.69) is 4.90 Å². The smallest absolute Gasteiger partial charge is 0.375 e. The van der Waals surface area contributed by atoms with Crippen LogP contribution in [-0.4, -0.2) is 56.8 Å². The fourth-order valence-electron chi connectivity index (χ4n) is 5.51. The summed E-state index contributed by atoms with van der Waals surface area (Å²) in [5, 5.41) is 0. The SMILES string of the molecule is O=C(c1ccc(C2(OCC3CC3)COC2)cc1)N1CC2CN(c3ccc(C(F)(F)F)cc3)CC2C1. The van der Waals surface area contributed by atoms with Crippen molar-refractivity contribution < 1.29 is 27.4 Å². The molecule has 1 amide bonds. The summed E-state index contributed by atoms with van der Waals surface area (Å²) in [6.07, 6.45) is -1.84. The van der Waals surface area contributed by atoms with E-state index in [0.717, 1.165) is 43.1 Å². The number of halogens is 3. The van der Waals surface area contributed by atoms with Crippen molar-refractivity contribution >= 4 is 11.6 Å². The molecule has 4 aliphatic rings. The van der Waals surface area contributed by atoms with Gasteiger partial charge in [0.1, 0.15) is 5.60 Å². The zero-order valence-corrected chi connectivity index (χ0v) is 19.5. The molecule has 0 N–H and O–H groups in total. The lowest BCUT2D eigenvalue weighted by Gasteiger charge is -2.41. The van der Waals surface area contributed by atoms with Crippen LogP contribution < -0.4 is 4.90 Å². The van der Waals surface area contributed by atoms with Gasteiger partial charge in [-0.15, -0.1) is 0 Å². The molecule has 186 valence electrons. The van der Waals surface area contributed by atoms with Gasteiger partial charge < -0.3 is 19.3 Å². The van der Waals surface area contributed by atoms with Crippen molar-refractivity contribution in [3.05, 3.63) is 65.2 Å². The van der Waals surface area contributed by atoms with E-state index in [9.17, 15) is 18.0 Å². The summed E-state index contributed by atoms with van der Waals surface area (Å²) in [5.41, 5.74) is 1.53. The van der Waals surface area contributed by atoms with E-state index in [-0.39, 0.29) is 11.5 Å². The largest absolute Gasteiger partial charge is 0.416 e. The summed E-state index contributed by atoms with van der Waals surface area (Å²) in [7, 11) is 0. The third-order valence-corrected chi connectivity index (χ3v) is 7.95. The Kier molecular flexibility index (Phi) is 5.56. The first-order valence-corrected chi connectivity index (χ1v) is 12.3. The van der Waals surface area contributed by atoms with E-state index in [1.165, 1.54) is 12.8 Å². The fourth-order valence-corrected chi connectivity index (χ4v) is 5.51. The quantitative estimate of drug-likeness (QED) is 0.600. The number of fused-ring (bicyclic) bond motifs is 1. The Morgan fingerprint density at radius 2 is 1.57 bits per heavy atom. The van der Waals surface area contributed by atoms with Crippen molar-refractivity contribution in [2.24, 2.45) is 17.8 Å². The van der Waals surface area contributed by atoms with Crippen LogP contribution in [-0.2, 0) is 21.3 Å². The Bertz CT molecular complexity index is 1060. The van der Waals surface area contributed by atoms with Gasteiger partial charge in [0.2, 0.25) is 0 Å². The number of carbonyl (C=O) groups is 1. The number of alkyl halides is 3. The van der Waals surface area contributed by atoms with Gasteiger partial charge in [0.25, 0.3) is 5.91 Å². The minimum atomic E-state index is -4.32. The van der Waals surface area contributed by atoms with Gasteiger partial charge in [-0.05, 0) is 60.7 Å². The lowest BCUT2D eigenvalue weighted by Crippen LogP contribution is -2.49. The Labute approximate surface area is 202 Å². The number of hydrogen-bond donors (Lipinski definition) is 0. The summed E-state index contributed by atoms with van der Waals surface area (Å²) in [4.78, 5) is 17.2. The number of amides is 1. The van der Waals surface area contributed by atoms with Gasteiger partial charge in [-0.1, -0.05) is 12.1 Å². The minimum Gasteiger partial charge on any atom is -0.375 e. The topological polar surface area (TPSA) is 42.0 Å². The second-order valence-electron chi connectivity index (χ2n) is 10.5. The van der Waals surface area contributed by atoms with Crippen molar-refractivity contribution in [2.75, 3.05) is 50.9 Å². The summed E-state index contributed by atoms with van der Waals surface area (Å²) < 4.78 is 50.2. The number of ether oxygens (including phenoxy) is 2. The second-order valence-corrected chi connectivity index (χ2v) is 10.5. The van der Waals surface area contributed by atoms with Gasteiger partial charge in [-0.3, -0.25) is 4.79 Å². The first-order chi connectivity index (χ1) is 16.8. The third-order valence-electron chi connectivity index (χ3n) is 7.95. The van der Waals surface area contributed by atoms with Crippen LogP contribution in [0, 0.1) is 17.8 Å². The molecule has 3 saturated heterocycles. The van der Waals surface area contributed by atoms with Gasteiger partial charge in [-0.2, -0.15) is 13.2 Å². The van der Waals surface area contributed by atoms with Crippen LogP contribution in [0.5, 0.6) is 0 Å². The Balaban J connectivity index is 1.06. The molecule has 0 spiro atoms. The predicted molar refractivity (Wildman–Crippen MR) is 124 cm³/mol. The van der Waals surface area contributed by atoms with E-state index in [1.54, 1.807) is 12.1 Å². The average Bonchev–Trinajstić information content (AvgIpc) is 3.43. The normalized spacial score (nSPS) is 25.5. The monoisotopic (exact) mass is 486 g/mol. The second kappa shape index (κ2) is 8.52. The summed E-state index contributed by atoms with van der Waals surface area (Å²) >= 11 is 0. The third kappa shape index (κ3) is 4.42. The van der Waals surface area contributed by atoms with Crippen LogP contribution in [0.1, 0.15) is 34.3 Å². The maximum atomic E-state index is 13.2. The maximum absolute atomic E-state index is 13.2. The van der Waals surface area contributed by atoms with E-state index in [0.29, 0.717) is 49.6 Å². The van der Waals surface area contributed by atoms with Crippen molar-refractivity contribution in [3.8, 4) is 0 Å². The van der Waals surface area contributed by atoms with Gasteiger partial charge in [-0.25, -0.2) is 0 Å². The number of carbonyl (C=O) groups excluding carboxylic acids is 1. The number of likely N-dealkylation sites (tertiary alicyclic amines) is 1. The molecule has 0 radical (unpaired) electrons. The predicted octanol–water partition coefficient (Wildman–Crippen LogP) is 4.57. The molecule has 3 heterocycles. The maximum Gasteiger partial charge on any atom is 0.416 e. The molecule has 0 aromatic heterocycles. The number of rotatable bonds is 6. The molecule has 4 fully saturated rings. The first-order valence-electron chi connectivity index (χ1n) is 12.3. The molecule has 2 aromatic rings. The minimum absolute atomic E-state index is 0.0323. The van der Waals surface area contributed by atoms with E-state index in [4.69, 9.17) is 9.47 Å². The van der Waals surface area contributed by atoms with Crippen molar-refractivity contribution in [1.29, 1.82) is 0 Å².